The summed E-state index contributed by atoms with van der Waals surface area (Å²) in [6.07, 6.45) is 4.63. The van der Waals surface area contributed by atoms with Gasteiger partial charge < -0.3 is 4.74 Å². The van der Waals surface area contributed by atoms with Gasteiger partial charge in [-0.1, -0.05) is 13.3 Å². The van der Waals surface area contributed by atoms with E-state index in [-0.39, 0.29) is 12.5 Å². The molecule has 1 aromatic heterocycles. The highest BCUT2D eigenvalue weighted by molar-refractivity contribution is 5.68. The van der Waals surface area contributed by atoms with Crippen LogP contribution in [-0.4, -0.2) is 27.3 Å². The van der Waals surface area contributed by atoms with Gasteiger partial charge in [-0.15, -0.1) is 0 Å². The first-order chi connectivity index (χ1) is 7.26. The molecule has 0 unspecified atom stereocenters. The summed E-state index contributed by atoms with van der Waals surface area (Å²) in [5, 5.41) is 4.17. The van der Waals surface area contributed by atoms with E-state index in [4.69, 9.17) is 4.74 Å². The molecule has 0 aliphatic rings. The summed E-state index contributed by atoms with van der Waals surface area (Å²) < 4.78 is 6.33. The third-order valence-electron chi connectivity index (χ3n) is 1.93. The molecule has 15 heavy (non-hydrogen) atoms. The molecule has 0 fully saturated rings. The zero-order valence-corrected chi connectivity index (χ0v) is 9.27. The van der Waals surface area contributed by atoms with Gasteiger partial charge in [0, 0.05) is 6.42 Å². The zero-order valence-electron chi connectivity index (χ0n) is 9.27. The van der Waals surface area contributed by atoms with Crippen molar-refractivity contribution in [3.8, 4) is 0 Å². The normalized spacial score (nSPS) is 10.3. The van der Waals surface area contributed by atoms with Crippen LogP contribution < -0.4 is 0 Å². The lowest BCUT2D eigenvalue weighted by molar-refractivity contribution is -0.144. The topological polar surface area (TPSA) is 57.0 Å². The monoisotopic (exact) mass is 211 g/mol. The summed E-state index contributed by atoms with van der Waals surface area (Å²) >= 11 is 0. The molecule has 0 atom stereocenters. The fourth-order valence-corrected chi connectivity index (χ4v) is 1.20. The summed E-state index contributed by atoms with van der Waals surface area (Å²) in [5.74, 6) is 0.519. The van der Waals surface area contributed by atoms with Crippen LogP contribution in [-0.2, 0) is 22.5 Å². The second-order valence-electron chi connectivity index (χ2n) is 3.27. The molecule has 84 valence electrons. The van der Waals surface area contributed by atoms with Crippen LogP contribution >= 0.6 is 0 Å². The maximum Gasteiger partial charge on any atom is 0.327 e. The number of carbonyl (C=O) groups is 1. The number of aromatic nitrogens is 3. The predicted octanol–water partition coefficient (Wildman–Crippen LogP) is 1.18. The lowest BCUT2D eigenvalue weighted by atomic mass is 10.2. The SMILES string of the molecule is CCCCc1ncn(CC(=O)OCC)n1. The van der Waals surface area contributed by atoms with Gasteiger partial charge in [-0.3, -0.25) is 4.79 Å². The summed E-state index contributed by atoms with van der Waals surface area (Å²) in [5.41, 5.74) is 0. The lowest BCUT2D eigenvalue weighted by Crippen LogP contribution is -2.13. The first kappa shape index (κ1) is 11.7. The Hall–Kier alpha value is -1.39. The van der Waals surface area contributed by atoms with Crippen molar-refractivity contribution in [1.29, 1.82) is 0 Å². The Morgan fingerprint density at radius 3 is 3.00 bits per heavy atom. The molecular formula is C10H17N3O2. The predicted molar refractivity (Wildman–Crippen MR) is 55.3 cm³/mol. The molecule has 0 aliphatic carbocycles. The molecule has 5 heteroatoms. The number of ether oxygens (including phenoxy) is 1. The van der Waals surface area contributed by atoms with Crippen LogP contribution in [0.2, 0.25) is 0 Å². The van der Waals surface area contributed by atoms with Crippen LogP contribution in [0.5, 0.6) is 0 Å². The van der Waals surface area contributed by atoms with Crippen molar-refractivity contribution in [2.45, 2.75) is 39.7 Å². The van der Waals surface area contributed by atoms with Crippen LogP contribution in [0.15, 0.2) is 6.33 Å². The van der Waals surface area contributed by atoms with Gasteiger partial charge in [0.1, 0.15) is 12.9 Å². The number of nitrogens with zero attached hydrogens (tertiary/aromatic N) is 3. The number of rotatable bonds is 6. The highest BCUT2D eigenvalue weighted by atomic mass is 16.5. The van der Waals surface area contributed by atoms with Crippen molar-refractivity contribution in [1.82, 2.24) is 14.8 Å². The third kappa shape index (κ3) is 4.10. The van der Waals surface area contributed by atoms with E-state index < -0.39 is 0 Å². The van der Waals surface area contributed by atoms with Crippen molar-refractivity contribution in [2.24, 2.45) is 0 Å². The van der Waals surface area contributed by atoms with E-state index in [9.17, 15) is 4.79 Å². The van der Waals surface area contributed by atoms with Crippen LogP contribution in [0.25, 0.3) is 0 Å². The summed E-state index contributed by atoms with van der Waals surface area (Å²) in [6.45, 7) is 4.45. The minimum Gasteiger partial charge on any atom is -0.465 e. The van der Waals surface area contributed by atoms with Gasteiger partial charge in [0.2, 0.25) is 0 Å². The molecule has 0 aliphatic heterocycles. The first-order valence-electron chi connectivity index (χ1n) is 5.30. The Morgan fingerprint density at radius 2 is 2.33 bits per heavy atom. The number of hydrogen-bond donors (Lipinski definition) is 0. The lowest BCUT2D eigenvalue weighted by Gasteiger charge is -2.00. The molecule has 0 aromatic carbocycles. The Labute approximate surface area is 89.5 Å². The van der Waals surface area contributed by atoms with Crippen molar-refractivity contribution in [3.63, 3.8) is 0 Å². The number of esters is 1. The molecule has 0 N–H and O–H groups in total. The standard InChI is InChI=1S/C10H17N3O2/c1-3-5-6-9-11-8-13(12-9)7-10(14)15-4-2/h8H,3-7H2,1-2H3. The molecule has 0 saturated heterocycles. The van der Waals surface area contributed by atoms with Gasteiger partial charge in [0.15, 0.2) is 5.82 Å². The Morgan fingerprint density at radius 1 is 1.53 bits per heavy atom. The van der Waals surface area contributed by atoms with E-state index >= 15 is 0 Å². The fourth-order valence-electron chi connectivity index (χ4n) is 1.20. The molecule has 1 heterocycles. The minimum atomic E-state index is -0.274. The summed E-state index contributed by atoms with van der Waals surface area (Å²) in [4.78, 5) is 15.2. The Balaban J connectivity index is 2.42. The third-order valence-corrected chi connectivity index (χ3v) is 1.93. The Bertz CT molecular complexity index is 309. The highest BCUT2D eigenvalue weighted by Crippen LogP contribution is 1.98. The number of hydrogen-bond acceptors (Lipinski definition) is 4. The van der Waals surface area contributed by atoms with Gasteiger partial charge in [-0.2, -0.15) is 5.10 Å². The minimum absolute atomic E-state index is 0.146. The van der Waals surface area contributed by atoms with Gasteiger partial charge in [0.05, 0.1) is 6.61 Å². The number of carbonyl (C=O) groups excluding carboxylic acids is 1. The molecule has 0 bridgehead atoms. The van der Waals surface area contributed by atoms with Gasteiger partial charge >= 0.3 is 5.97 Å². The molecule has 0 saturated carbocycles. The maximum atomic E-state index is 11.1. The molecule has 5 nitrogen and oxygen atoms in total. The van der Waals surface area contributed by atoms with Crippen LogP contribution in [0, 0.1) is 0 Å². The van der Waals surface area contributed by atoms with E-state index in [0.717, 1.165) is 25.1 Å². The number of unbranched alkanes of at least 4 members (excludes halogenated alkanes) is 1. The average molecular weight is 211 g/mol. The Kier molecular flexibility index (Phi) is 4.80. The highest BCUT2D eigenvalue weighted by Gasteiger charge is 2.05. The molecule has 1 rings (SSSR count). The van der Waals surface area contributed by atoms with Crippen LogP contribution in [0.3, 0.4) is 0 Å². The van der Waals surface area contributed by atoms with E-state index in [1.807, 2.05) is 0 Å². The van der Waals surface area contributed by atoms with E-state index in [1.165, 1.54) is 4.68 Å². The van der Waals surface area contributed by atoms with E-state index in [2.05, 4.69) is 17.0 Å². The maximum absolute atomic E-state index is 11.1. The smallest absolute Gasteiger partial charge is 0.327 e. The van der Waals surface area contributed by atoms with E-state index in [1.54, 1.807) is 13.3 Å². The van der Waals surface area contributed by atoms with Gasteiger partial charge in [-0.25, -0.2) is 9.67 Å². The summed E-state index contributed by atoms with van der Waals surface area (Å²) in [6, 6.07) is 0. The number of aryl methyl sites for hydroxylation is 1. The molecule has 1 aromatic rings. The van der Waals surface area contributed by atoms with Crippen LogP contribution in [0.4, 0.5) is 0 Å². The van der Waals surface area contributed by atoms with Crippen LogP contribution in [0.1, 0.15) is 32.5 Å². The fraction of sp³-hybridized carbons (Fsp3) is 0.700. The molecule has 0 amide bonds. The average Bonchev–Trinajstić information content (AvgIpc) is 2.63. The quantitative estimate of drug-likeness (QED) is 0.663. The molecule has 0 radical (unpaired) electrons. The van der Waals surface area contributed by atoms with Gasteiger partial charge in [0.25, 0.3) is 0 Å². The zero-order chi connectivity index (χ0) is 11.1. The molecule has 0 spiro atoms. The first-order valence-corrected chi connectivity index (χ1v) is 5.30. The van der Waals surface area contributed by atoms with Crippen molar-refractivity contribution >= 4 is 5.97 Å². The largest absolute Gasteiger partial charge is 0.465 e. The molecular weight excluding hydrogens is 194 g/mol. The summed E-state index contributed by atoms with van der Waals surface area (Å²) in [7, 11) is 0. The second kappa shape index (κ2) is 6.16. The van der Waals surface area contributed by atoms with Gasteiger partial charge in [-0.05, 0) is 13.3 Å². The van der Waals surface area contributed by atoms with E-state index in [0.29, 0.717) is 6.61 Å². The second-order valence-corrected chi connectivity index (χ2v) is 3.27. The van der Waals surface area contributed by atoms with Crippen molar-refractivity contribution in [2.75, 3.05) is 6.61 Å². The van der Waals surface area contributed by atoms with Crippen molar-refractivity contribution in [3.05, 3.63) is 12.2 Å². The van der Waals surface area contributed by atoms with Crippen molar-refractivity contribution < 1.29 is 9.53 Å².